The number of likely N-dealkylation sites (tertiary alicyclic amines) is 1. The minimum atomic E-state index is -0.0187. The van der Waals surface area contributed by atoms with E-state index in [1.54, 1.807) is 7.05 Å². The molecule has 1 fully saturated rings. The fraction of sp³-hybridized carbons (Fsp3) is 0.619. The predicted molar refractivity (Wildman–Crippen MR) is 127 cm³/mol. The zero-order valence-corrected chi connectivity index (χ0v) is 20.1. The fourth-order valence-corrected chi connectivity index (χ4v) is 3.33. The van der Waals surface area contributed by atoms with Crippen molar-refractivity contribution in [3.05, 3.63) is 35.4 Å². The summed E-state index contributed by atoms with van der Waals surface area (Å²) in [5.41, 5.74) is 1.76. The van der Waals surface area contributed by atoms with Crippen molar-refractivity contribution in [3.63, 3.8) is 0 Å². The standard InChI is InChI=1S/C21H35N5O.HI/c1-6-10-23-20(27)18-9-7-8-17(11-18)12-24-21(22-5)25-19-14-26(15(2)3)13-16(19)4;/h7-9,11,15-16,19H,6,10,12-14H2,1-5H3,(H,23,27)(H2,22,24,25);1H. The lowest BCUT2D eigenvalue weighted by molar-refractivity contribution is 0.0953. The third kappa shape index (κ3) is 7.24. The molecule has 28 heavy (non-hydrogen) atoms. The van der Waals surface area contributed by atoms with E-state index >= 15 is 0 Å². The molecule has 6 nitrogen and oxygen atoms in total. The second-order valence-electron chi connectivity index (χ2n) is 7.66. The zero-order valence-electron chi connectivity index (χ0n) is 17.8. The Labute approximate surface area is 187 Å². The van der Waals surface area contributed by atoms with E-state index in [2.05, 4.69) is 46.6 Å². The summed E-state index contributed by atoms with van der Waals surface area (Å²) < 4.78 is 0. The average molecular weight is 501 g/mol. The molecule has 3 N–H and O–H groups in total. The number of nitrogens with zero attached hydrogens (tertiary/aromatic N) is 2. The summed E-state index contributed by atoms with van der Waals surface area (Å²) in [6.07, 6.45) is 0.933. The first-order valence-electron chi connectivity index (χ1n) is 10.0. The predicted octanol–water partition coefficient (Wildman–Crippen LogP) is 2.84. The SMILES string of the molecule is CCCNC(=O)c1cccc(CNC(=NC)NC2CN(C(C)C)CC2C)c1.I. The van der Waals surface area contributed by atoms with Gasteiger partial charge in [0.15, 0.2) is 5.96 Å². The highest BCUT2D eigenvalue weighted by atomic mass is 127. The van der Waals surface area contributed by atoms with E-state index in [-0.39, 0.29) is 29.9 Å². The van der Waals surface area contributed by atoms with Gasteiger partial charge in [0.2, 0.25) is 0 Å². The van der Waals surface area contributed by atoms with Crippen LogP contribution in [0.1, 0.15) is 50.0 Å². The topological polar surface area (TPSA) is 68.8 Å². The molecule has 1 aromatic carbocycles. The van der Waals surface area contributed by atoms with Gasteiger partial charge < -0.3 is 16.0 Å². The van der Waals surface area contributed by atoms with Crippen molar-refractivity contribution in [1.29, 1.82) is 0 Å². The van der Waals surface area contributed by atoms with Crippen LogP contribution in [0, 0.1) is 5.92 Å². The summed E-state index contributed by atoms with van der Waals surface area (Å²) in [4.78, 5) is 19.0. The summed E-state index contributed by atoms with van der Waals surface area (Å²) in [6.45, 7) is 12.3. The molecule has 0 radical (unpaired) electrons. The van der Waals surface area contributed by atoms with Crippen LogP contribution in [0.15, 0.2) is 29.3 Å². The lowest BCUT2D eigenvalue weighted by Gasteiger charge is -2.22. The number of halogens is 1. The van der Waals surface area contributed by atoms with Crippen LogP contribution >= 0.6 is 24.0 Å². The molecule has 0 aromatic heterocycles. The van der Waals surface area contributed by atoms with Gasteiger partial charge in [0, 0.05) is 50.9 Å². The summed E-state index contributed by atoms with van der Waals surface area (Å²) in [6, 6.07) is 8.69. The maximum absolute atomic E-state index is 12.1. The first-order valence-corrected chi connectivity index (χ1v) is 10.0. The molecule has 0 spiro atoms. The molecular weight excluding hydrogens is 465 g/mol. The number of benzene rings is 1. The van der Waals surface area contributed by atoms with Crippen molar-refractivity contribution in [3.8, 4) is 0 Å². The van der Waals surface area contributed by atoms with Gasteiger partial charge in [-0.1, -0.05) is 26.0 Å². The second-order valence-corrected chi connectivity index (χ2v) is 7.66. The molecule has 1 aliphatic rings. The summed E-state index contributed by atoms with van der Waals surface area (Å²) in [5.74, 6) is 1.37. The molecule has 7 heteroatoms. The summed E-state index contributed by atoms with van der Waals surface area (Å²) in [5, 5.41) is 9.85. The molecule has 1 aliphatic heterocycles. The van der Waals surface area contributed by atoms with Crippen LogP contribution in [0.25, 0.3) is 0 Å². The Bertz CT molecular complexity index is 649. The van der Waals surface area contributed by atoms with E-state index in [4.69, 9.17) is 0 Å². The molecule has 1 amide bonds. The maximum Gasteiger partial charge on any atom is 0.251 e. The van der Waals surface area contributed by atoms with Crippen molar-refractivity contribution in [2.24, 2.45) is 10.9 Å². The molecular formula is C21H36IN5O. The van der Waals surface area contributed by atoms with E-state index in [0.29, 0.717) is 36.7 Å². The van der Waals surface area contributed by atoms with Crippen molar-refractivity contribution >= 4 is 35.8 Å². The third-order valence-corrected chi connectivity index (χ3v) is 5.10. The highest BCUT2D eigenvalue weighted by Gasteiger charge is 2.31. The zero-order chi connectivity index (χ0) is 19.8. The minimum Gasteiger partial charge on any atom is -0.352 e. The van der Waals surface area contributed by atoms with Gasteiger partial charge in [0.25, 0.3) is 5.91 Å². The molecule has 2 unspecified atom stereocenters. The van der Waals surface area contributed by atoms with Crippen molar-refractivity contribution in [2.45, 2.75) is 52.7 Å². The first kappa shape index (κ1) is 24.7. The molecule has 0 saturated carbocycles. The number of nitrogens with one attached hydrogen (secondary N) is 3. The molecule has 1 saturated heterocycles. The van der Waals surface area contributed by atoms with E-state index in [1.807, 2.05) is 31.2 Å². The average Bonchev–Trinajstić information content (AvgIpc) is 3.04. The van der Waals surface area contributed by atoms with Crippen LogP contribution in [0.5, 0.6) is 0 Å². The van der Waals surface area contributed by atoms with E-state index in [9.17, 15) is 4.79 Å². The molecule has 1 heterocycles. The first-order chi connectivity index (χ1) is 12.9. The van der Waals surface area contributed by atoms with Crippen LogP contribution in [-0.2, 0) is 6.54 Å². The quantitative estimate of drug-likeness (QED) is 0.306. The molecule has 2 rings (SSSR count). The molecule has 0 bridgehead atoms. The third-order valence-electron chi connectivity index (χ3n) is 5.10. The van der Waals surface area contributed by atoms with Crippen LogP contribution in [0.4, 0.5) is 0 Å². The van der Waals surface area contributed by atoms with E-state index in [0.717, 1.165) is 31.0 Å². The molecule has 0 aliphatic carbocycles. The van der Waals surface area contributed by atoms with Gasteiger partial charge in [-0.05, 0) is 43.9 Å². The Hall–Kier alpha value is -1.35. The number of hydrogen-bond donors (Lipinski definition) is 3. The summed E-state index contributed by atoms with van der Waals surface area (Å²) >= 11 is 0. The highest BCUT2D eigenvalue weighted by Crippen LogP contribution is 2.18. The number of amides is 1. The van der Waals surface area contributed by atoms with Gasteiger partial charge in [-0.3, -0.25) is 14.7 Å². The fourth-order valence-electron chi connectivity index (χ4n) is 3.33. The van der Waals surface area contributed by atoms with Gasteiger partial charge >= 0.3 is 0 Å². The number of aliphatic imine (C=N–C) groups is 1. The smallest absolute Gasteiger partial charge is 0.251 e. The Morgan fingerprint density at radius 2 is 2.04 bits per heavy atom. The largest absolute Gasteiger partial charge is 0.352 e. The van der Waals surface area contributed by atoms with Crippen LogP contribution in [-0.4, -0.2) is 55.5 Å². The minimum absolute atomic E-state index is 0. The van der Waals surface area contributed by atoms with Crippen LogP contribution in [0.3, 0.4) is 0 Å². The number of rotatable bonds is 7. The monoisotopic (exact) mass is 501 g/mol. The Morgan fingerprint density at radius 1 is 1.29 bits per heavy atom. The molecule has 1 aromatic rings. The van der Waals surface area contributed by atoms with Gasteiger partial charge in [-0.2, -0.15) is 0 Å². The van der Waals surface area contributed by atoms with Crippen molar-refractivity contribution in [2.75, 3.05) is 26.7 Å². The van der Waals surface area contributed by atoms with Crippen molar-refractivity contribution in [1.82, 2.24) is 20.9 Å². The van der Waals surface area contributed by atoms with Crippen molar-refractivity contribution < 1.29 is 4.79 Å². The van der Waals surface area contributed by atoms with Gasteiger partial charge in [-0.25, -0.2) is 0 Å². The number of carbonyl (C=O) groups is 1. The molecule has 2 atom stereocenters. The van der Waals surface area contributed by atoms with E-state index < -0.39 is 0 Å². The Balaban J connectivity index is 0.00000392. The number of guanidine groups is 1. The van der Waals surface area contributed by atoms with Crippen LogP contribution in [0.2, 0.25) is 0 Å². The molecule has 158 valence electrons. The van der Waals surface area contributed by atoms with Gasteiger partial charge in [0.05, 0.1) is 0 Å². The lowest BCUT2D eigenvalue weighted by atomic mass is 10.1. The number of hydrogen-bond acceptors (Lipinski definition) is 3. The maximum atomic E-state index is 12.1. The number of carbonyl (C=O) groups excluding carboxylic acids is 1. The normalized spacial score (nSPS) is 20.0. The Morgan fingerprint density at radius 3 is 2.64 bits per heavy atom. The van der Waals surface area contributed by atoms with Crippen LogP contribution < -0.4 is 16.0 Å². The lowest BCUT2D eigenvalue weighted by Crippen LogP contribution is -2.46. The van der Waals surface area contributed by atoms with Gasteiger partial charge in [0.1, 0.15) is 0 Å². The van der Waals surface area contributed by atoms with E-state index in [1.165, 1.54) is 0 Å². The second kappa shape index (κ2) is 12.3. The summed E-state index contributed by atoms with van der Waals surface area (Å²) in [7, 11) is 1.80. The van der Waals surface area contributed by atoms with Gasteiger partial charge in [-0.15, -0.1) is 24.0 Å². The highest BCUT2D eigenvalue weighted by molar-refractivity contribution is 14.0. The Kier molecular flexibility index (Phi) is 10.8.